The van der Waals surface area contributed by atoms with Gasteiger partial charge in [0.25, 0.3) is 0 Å². The molecule has 0 saturated heterocycles. The Morgan fingerprint density at radius 1 is 1.07 bits per heavy atom. The van der Waals surface area contributed by atoms with Gasteiger partial charge in [-0.05, 0) is 24.1 Å². The normalized spacial score (nSPS) is 10.1. The topological polar surface area (TPSA) is 12.9 Å². The van der Waals surface area contributed by atoms with Crippen molar-refractivity contribution in [2.24, 2.45) is 0 Å². The molecule has 0 aliphatic carbocycles. The standard InChI is InChI=1S/C12H10ClN/c1-9-4-2-3-5-10(9)11-6-7-14-8-12(11)13/h2-8H,1H3. The second-order valence-corrected chi connectivity index (χ2v) is 3.58. The zero-order valence-electron chi connectivity index (χ0n) is 7.87. The molecule has 0 atom stereocenters. The third-order valence-corrected chi connectivity index (χ3v) is 2.51. The smallest absolute Gasteiger partial charge is 0.0667 e. The van der Waals surface area contributed by atoms with Gasteiger partial charge in [0, 0.05) is 18.0 Å². The molecule has 0 unspecified atom stereocenters. The summed E-state index contributed by atoms with van der Waals surface area (Å²) in [5, 5.41) is 0.696. The second-order valence-electron chi connectivity index (χ2n) is 3.17. The molecule has 0 aliphatic heterocycles. The molecule has 0 aliphatic rings. The molecule has 0 fully saturated rings. The molecular weight excluding hydrogens is 194 g/mol. The van der Waals surface area contributed by atoms with Gasteiger partial charge in [0.2, 0.25) is 0 Å². The molecule has 2 rings (SSSR count). The molecule has 1 heterocycles. The lowest BCUT2D eigenvalue weighted by molar-refractivity contribution is 1.32. The highest BCUT2D eigenvalue weighted by molar-refractivity contribution is 6.33. The fourth-order valence-corrected chi connectivity index (χ4v) is 1.69. The monoisotopic (exact) mass is 203 g/mol. The van der Waals surface area contributed by atoms with E-state index in [2.05, 4.69) is 24.0 Å². The van der Waals surface area contributed by atoms with Crippen molar-refractivity contribution >= 4 is 11.6 Å². The largest absolute Gasteiger partial charge is 0.263 e. The number of rotatable bonds is 1. The number of pyridine rings is 1. The van der Waals surface area contributed by atoms with Crippen LogP contribution in [0.5, 0.6) is 0 Å². The molecule has 0 radical (unpaired) electrons. The zero-order valence-corrected chi connectivity index (χ0v) is 8.62. The summed E-state index contributed by atoms with van der Waals surface area (Å²) < 4.78 is 0. The number of nitrogens with zero attached hydrogens (tertiary/aromatic N) is 1. The highest BCUT2D eigenvalue weighted by atomic mass is 35.5. The Morgan fingerprint density at radius 2 is 1.86 bits per heavy atom. The van der Waals surface area contributed by atoms with Gasteiger partial charge in [-0.1, -0.05) is 35.9 Å². The number of benzene rings is 1. The third kappa shape index (κ3) is 1.64. The van der Waals surface area contributed by atoms with E-state index >= 15 is 0 Å². The second kappa shape index (κ2) is 3.81. The van der Waals surface area contributed by atoms with Crippen LogP contribution in [-0.2, 0) is 0 Å². The Bertz CT molecular complexity index is 408. The predicted octanol–water partition coefficient (Wildman–Crippen LogP) is 3.71. The molecule has 14 heavy (non-hydrogen) atoms. The van der Waals surface area contributed by atoms with Crippen LogP contribution in [0.15, 0.2) is 42.7 Å². The Hall–Kier alpha value is -1.34. The number of aryl methyl sites for hydroxylation is 1. The molecule has 1 nitrogen and oxygen atoms in total. The van der Waals surface area contributed by atoms with Gasteiger partial charge >= 0.3 is 0 Å². The maximum atomic E-state index is 6.07. The average Bonchev–Trinajstić information content (AvgIpc) is 2.20. The summed E-state index contributed by atoms with van der Waals surface area (Å²) in [7, 11) is 0. The van der Waals surface area contributed by atoms with Gasteiger partial charge in [0.05, 0.1) is 5.02 Å². The third-order valence-electron chi connectivity index (χ3n) is 2.21. The van der Waals surface area contributed by atoms with E-state index in [9.17, 15) is 0 Å². The summed E-state index contributed by atoms with van der Waals surface area (Å²) in [4.78, 5) is 3.97. The van der Waals surface area contributed by atoms with Gasteiger partial charge in [-0.2, -0.15) is 0 Å². The maximum absolute atomic E-state index is 6.07. The van der Waals surface area contributed by atoms with E-state index in [1.54, 1.807) is 12.4 Å². The van der Waals surface area contributed by atoms with Gasteiger partial charge in [0.15, 0.2) is 0 Å². The minimum atomic E-state index is 0.696. The van der Waals surface area contributed by atoms with Crippen molar-refractivity contribution in [1.29, 1.82) is 0 Å². The summed E-state index contributed by atoms with van der Waals surface area (Å²) in [6.45, 7) is 2.08. The first-order valence-corrected chi connectivity index (χ1v) is 4.82. The lowest BCUT2D eigenvalue weighted by atomic mass is 10.0. The van der Waals surface area contributed by atoms with E-state index < -0.39 is 0 Å². The van der Waals surface area contributed by atoms with E-state index in [-0.39, 0.29) is 0 Å². The van der Waals surface area contributed by atoms with E-state index in [4.69, 9.17) is 11.6 Å². The van der Waals surface area contributed by atoms with E-state index in [1.165, 1.54) is 11.1 Å². The van der Waals surface area contributed by atoms with Gasteiger partial charge < -0.3 is 0 Å². The quantitative estimate of drug-likeness (QED) is 0.689. The molecule has 0 bridgehead atoms. The van der Waals surface area contributed by atoms with Crippen LogP contribution in [0.3, 0.4) is 0 Å². The van der Waals surface area contributed by atoms with E-state index in [0.717, 1.165) is 5.56 Å². The highest BCUT2D eigenvalue weighted by Crippen LogP contribution is 2.28. The summed E-state index contributed by atoms with van der Waals surface area (Å²) in [5.41, 5.74) is 3.43. The van der Waals surface area contributed by atoms with Gasteiger partial charge in [-0.25, -0.2) is 0 Å². The molecule has 1 aromatic carbocycles. The SMILES string of the molecule is Cc1ccccc1-c1ccncc1Cl. The number of hydrogen-bond donors (Lipinski definition) is 0. The molecule has 1 aromatic heterocycles. The Kier molecular flexibility index (Phi) is 2.51. The van der Waals surface area contributed by atoms with Crippen LogP contribution in [0.1, 0.15) is 5.56 Å². The lowest BCUT2D eigenvalue weighted by Crippen LogP contribution is -1.84. The summed E-state index contributed by atoms with van der Waals surface area (Å²) in [5.74, 6) is 0. The van der Waals surface area contributed by atoms with Crippen LogP contribution in [0.4, 0.5) is 0 Å². The van der Waals surface area contributed by atoms with E-state index in [1.807, 2.05) is 18.2 Å². The Labute approximate surface area is 88.4 Å². The number of aromatic nitrogens is 1. The number of halogens is 1. The molecule has 0 saturated carbocycles. The van der Waals surface area contributed by atoms with Crippen molar-refractivity contribution in [3.63, 3.8) is 0 Å². The van der Waals surface area contributed by atoms with Crippen molar-refractivity contribution in [1.82, 2.24) is 4.98 Å². The lowest BCUT2D eigenvalue weighted by Gasteiger charge is -2.06. The van der Waals surface area contributed by atoms with E-state index in [0.29, 0.717) is 5.02 Å². The van der Waals surface area contributed by atoms with Gasteiger partial charge in [0.1, 0.15) is 0 Å². The van der Waals surface area contributed by atoms with Crippen molar-refractivity contribution < 1.29 is 0 Å². The fraction of sp³-hybridized carbons (Fsp3) is 0.0833. The minimum Gasteiger partial charge on any atom is -0.263 e. The van der Waals surface area contributed by atoms with Crippen molar-refractivity contribution in [2.75, 3.05) is 0 Å². The zero-order chi connectivity index (χ0) is 9.97. The van der Waals surface area contributed by atoms with Crippen LogP contribution in [0, 0.1) is 6.92 Å². The molecule has 70 valence electrons. The van der Waals surface area contributed by atoms with Crippen LogP contribution >= 0.6 is 11.6 Å². The first-order valence-electron chi connectivity index (χ1n) is 4.44. The van der Waals surface area contributed by atoms with Gasteiger partial charge in [-0.3, -0.25) is 4.98 Å². The maximum Gasteiger partial charge on any atom is 0.0667 e. The first kappa shape index (κ1) is 9.22. The molecular formula is C12H10ClN. The Balaban J connectivity index is 2.61. The Morgan fingerprint density at radius 3 is 2.57 bits per heavy atom. The fourth-order valence-electron chi connectivity index (χ4n) is 1.47. The van der Waals surface area contributed by atoms with Crippen molar-refractivity contribution in [2.45, 2.75) is 6.92 Å². The molecule has 0 spiro atoms. The number of hydrogen-bond acceptors (Lipinski definition) is 1. The molecule has 0 N–H and O–H groups in total. The van der Waals surface area contributed by atoms with Gasteiger partial charge in [-0.15, -0.1) is 0 Å². The summed E-state index contributed by atoms with van der Waals surface area (Å²) in [6, 6.07) is 10.1. The van der Waals surface area contributed by atoms with Crippen LogP contribution in [-0.4, -0.2) is 4.98 Å². The summed E-state index contributed by atoms with van der Waals surface area (Å²) in [6.07, 6.45) is 3.43. The minimum absolute atomic E-state index is 0.696. The van der Waals surface area contributed by atoms with Crippen molar-refractivity contribution in [3.8, 4) is 11.1 Å². The predicted molar refractivity (Wildman–Crippen MR) is 59.4 cm³/mol. The molecule has 2 aromatic rings. The molecule has 0 amide bonds. The molecule has 2 heteroatoms. The first-order chi connectivity index (χ1) is 6.79. The average molecular weight is 204 g/mol. The van der Waals surface area contributed by atoms with Crippen LogP contribution < -0.4 is 0 Å². The van der Waals surface area contributed by atoms with Crippen molar-refractivity contribution in [3.05, 3.63) is 53.3 Å². The van der Waals surface area contributed by atoms with Crippen LogP contribution in [0.25, 0.3) is 11.1 Å². The summed E-state index contributed by atoms with van der Waals surface area (Å²) >= 11 is 6.07. The van der Waals surface area contributed by atoms with Crippen LogP contribution in [0.2, 0.25) is 5.02 Å². The highest BCUT2D eigenvalue weighted by Gasteiger charge is 2.04.